The van der Waals surface area contributed by atoms with Crippen molar-refractivity contribution in [1.82, 2.24) is 0 Å². The van der Waals surface area contributed by atoms with E-state index in [-0.39, 0.29) is 16.9 Å². The van der Waals surface area contributed by atoms with Gasteiger partial charge in [-0.2, -0.15) is 5.26 Å². The molecule has 0 atom stereocenters. The highest BCUT2D eigenvalue weighted by molar-refractivity contribution is 9.10. The summed E-state index contributed by atoms with van der Waals surface area (Å²) in [5.41, 5.74) is -0.416. The zero-order valence-electron chi connectivity index (χ0n) is 12.0. The minimum absolute atomic E-state index is 0.265. The molecule has 2 aromatic carbocycles. The molecular formula is C16H9BrFN3O3. The lowest BCUT2D eigenvalue weighted by Crippen LogP contribution is -2.14. The number of amides is 1. The summed E-state index contributed by atoms with van der Waals surface area (Å²) < 4.78 is 14.5. The molecule has 0 aliphatic heterocycles. The van der Waals surface area contributed by atoms with Crippen LogP contribution in [0.25, 0.3) is 6.08 Å². The predicted octanol–water partition coefficient (Wildman–Crippen LogP) is 4.04. The summed E-state index contributed by atoms with van der Waals surface area (Å²) in [4.78, 5) is 22.1. The van der Waals surface area contributed by atoms with E-state index in [0.717, 1.165) is 22.7 Å². The van der Waals surface area contributed by atoms with Crippen LogP contribution in [0.15, 0.2) is 52.5 Å². The van der Waals surface area contributed by atoms with Gasteiger partial charge in [-0.1, -0.05) is 28.1 Å². The Morgan fingerprint density at radius 1 is 1.33 bits per heavy atom. The lowest BCUT2D eigenvalue weighted by molar-refractivity contribution is -0.384. The average molecular weight is 390 g/mol. The summed E-state index contributed by atoms with van der Waals surface area (Å²) in [5, 5.41) is 22.0. The van der Waals surface area contributed by atoms with Crippen LogP contribution in [0.1, 0.15) is 5.56 Å². The highest BCUT2D eigenvalue weighted by atomic mass is 79.9. The first-order chi connectivity index (χ1) is 11.4. The van der Waals surface area contributed by atoms with E-state index in [1.807, 2.05) is 0 Å². The van der Waals surface area contributed by atoms with Gasteiger partial charge >= 0.3 is 0 Å². The number of nitrogens with zero attached hydrogens (tertiary/aromatic N) is 2. The molecule has 2 aromatic rings. The number of carbonyl (C=O) groups excluding carboxylic acids is 1. The summed E-state index contributed by atoms with van der Waals surface area (Å²) in [7, 11) is 0. The van der Waals surface area contributed by atoms with Gasteiger partial charge < -0.3 is 5.32 Å². The van der Waals surface area contributed by atoms with Crippen molar-refractivity contribution in [1.29, 1.82) is 5.26 Å². The Bertz CT molecular complexity index is 890. The fourth-order valence-corrected chi connectivity index (χ4v) is 2.24. The summed E-state index contributed by atoms with van der Waals surface area (Å²) in [6.07, 6.45) is 1.33. The molecule has 0 aromatic heterocycles. The third-order valence-electron chi connectivity index (χ3n) is 2.93. The lowest BCUT2D eigenvalue weighted by Gasteiger charge is -2.05. The first-order valence-corrected chi connectivity index (χ1v) is 7.32. The molecule has 6 nitrogen and oxygen atoms in total. The SMILES string of the molecule is N#C/C(=C\c1cccc(Br)c1)C(=O)Nc1cc([N+](=O)[O-])ccc1F. The van der Waals surface area contributed by atoms with Gasteiger partial charge in [0.25, 0.3) is 11.6 Å². The predicted molar refractivity (Wildman–Crippen MR) is 89.4 cm³/mol. The summed E-state index contributed by atoms with van der Waals surface area (Å²) in [6, 6.07) is 11.3. The zero-order chi connectivity index (χ0) is 17.7. The maximum Gasteiger partial charge on any atom is 0.271 e. The molecule has 0 fully saturated rings. The van der Waals surface area contributed by atoms with E-state index in [0.29, 0.717) is 5.56 Å². The molecule has 0 radical (unpaired) electrons. The Balaban J connectivity index is 2.29. The third-order valence-corrected chi connectivity index (χ3v) is 3.43. The molecule has 0 saturated heterocycles. The Morgan fingerprint density at radius 3 is 2.71 bits per heavy atom. The Labute approximate surface area is 144 Å². The minimum atomic E-state index is -0.864. The first kappa shape index (κ1) is 17.3. The third kappa shape index (κ3) is 4.24. The topological polar surface area (TPSA) is 96.0 Å². The monoisotopic (exact) mass is 389 g/mol. The molecule has 0 aliphatic carbocycles. The molecule has 1 amide bonds. The van der Waals surface area contributed by atoms with Gasteiger partial charge in [-0.25, -0.2) is 4.39 Å². The fraction of sp³-hybridized carbons (Fsp3) is 0. The van der Waals surface area contributed by atoms with Crippen molar-refractivity contribution in [2.45, 2.75) is 0 Å². The van der Waals surface area contributed by atoms with Crippen LogP contribution >= 0.6 is 15.9 Å². The lowest BCUT2D eigenvalue weighted by atomic mass is 10.1. The minimum Gasteiger partial charge on any atom is -0.319 e. The molecule has 0 saturated carbocycles. The molecule has 0 heterocycles. The summed E-state index contributed by atoms with van der Waals surface area (Å²) in [5.74, 6) is -1.70. The second kappa shape index (κ2) is 7.48. The van der Waals surface area contributed by atoms with Crippen molar-refractivity contribution >= 4 is 39.3 Å². The fourth-order valence-electron chi connectivity index (χ4n) is 1.82. The van der Waals surface area contributed by atoms with Crippen LogP contribution in [0.5, 0.6) is 0 Å². The number of nitro groups is 1. The largest absolute Gasteiger partial charge is 0.319 e. The van der Waals surface area contributed by atoms with Gasteiger partial charge in [-0.15, -0.1) is 0 Å². The zero-order valence-corrected chi connectivity index (χ0v) is 13.6. The van der Waals surface area contributed by atoms with Crippen LogP contribution in [-0.4, -0.2) is 10.8 Å². The van der Waals surface area contributed by atoms with Crippen LogP contribution < -0.4 is 5.32 Å². The second-order valence-electron chi connectivity index (χ2n) is 4.60. The normalized spacial score (nSPS) is 10.8. The van der Waals surface area contributed by atoms with Crippen LogP contribution in [0, 0.1) is 27.3 Å². The maximum absolute atomic E-state index is 13.7. The number of hydrogen-bond donors (Lipinski definition) is 1. The van der Waals surface area contributed by atoms with Gasteiger partial charge in [0.1, 0.15) is 17.5 Å². The van der Waals surface area contributed by atoms with E-state index in [1.165, 1.54) is 6.08 Å². The van der Waals surface area contributed by atoms with Crippen molar-refractivity contribution in [2.75, 3.05) is 5.32 Å². The number of non-ortho nitro benzene ring substituents is 1. The number of nitriles is 1. The molecule has 1 N–H and O–H groups in total. The number of rotatable bonds is 4. The number of nitrogens with one attached hydrogen (secondary N) is 1. The molecule has 24 heavy (non-hydrogen) atoms. The number of hydrogen-bond acceptors (Lipinski definition) is 4. The standard InChI is InChI=1S/C16H9BrFN3O3/c17-12-3-1-2-10(7-12)6-11(9-19)16(22)20-15-8-13(21(23)24)4-5-14(15)18/h1-8H,(H,20,22)/b11-6+. The quantitative estimate of drug-likeness (QED) is 0.369. The van der Waals surface area contributed by atoms with Crippen molar-refractivity contribution in [3.8, 4) is 6.07 Å². The van der Waals surface area contributed by atoms with E-state index in [9.17, 15) is 19.3 Å². The smallest absolute Gasteiger partial charge is 0.271 e. The molecule has 0 aliphatic rings. The van der Waals surface area contributed by atoms with Gasteiger partial charge in [0.2, 0.25) is 0 Å². The van der Waals surface area contributed by atoms with Gasteiger partial charge in [-0.05, 0) is 29.8 Å². The van der Waals surface area contributed by atoms with Crippen molar-refractivity contribution in [2.24, 2.45) is 0 Å². The van der Waals surface area contributed by atoms with Crippen LogP contribution in [-0.2, 0) is 4.79 Å². The Hall–Kier alpha value is -3.05. The van der Waals surface area contributed by atoms with Crippen molar-refractivity contribution in [3.05, 3.63) is 74.0 Å². The van der Waals surface area contributed by atoms with Gasteiger partial charge in [-0.3, -0.25) is 14.9 Å². The van der Waals surface area contributed by atoms with E-state index >= 15 is 0 Å². The van der Waals surface area contributed by atoms with Crippen LogP contribution in [0.3, 0.4) is 0 Å². The molecule has 2 rings (SSSR count). The van der Waals surface area contributed by atoms with E-state index in [2.05, 4.69) is 21.2 Å². The number of nitro benzene ring substituents is 1. The highest BCUT2D eigenvalue weighted by Crippen LogP contribution is 2.22. The highest BCUT2D eigenvalue weighted by Gasteiger charge is 2.15. The first-order valence-electron chi connectivity index (χ1n) is 6.53. The second-order valence-corrected chi connectivity index (χ2v) is 5.52. The van der Waals surface area contributed by atoms with E-state index in [4.69, 9.17) is 5.26 Å². The number of anilines is 1. The molecule has 0 unspecified atom stereocenters. The molecule has 0 bridgehead atoms. The van der Waals surface area contributed by atoms with Gasteiger partial charge in [0, 0.05) is 16.6 Å². The number of carbonyl (C=O) groups is 1. The van der Waals surface area contributed by atoms with Crippen molar-refractivity contribution in [3.63, 3.8) is 0 Å². The Kier molecular flexibility index (Phi) is 5.39. The van der Waals surface area contributed by atoms with E-state index in [1.54, 1.807) is 30.3 Å². The Morgan fingerprint density at radius 2 is 2.08 bits per heavy atom. The number of benzene rings is 2. The van der Waals surface area contributed by atoms with Gasteiger partial charge in [0.05, 0.1) is 10.6 Å². The van der Waals surface area contributed by atoms with Gasteiger partial charge in [0.15, 0.2) is 0 Å². The maximum atomic E-state index is 13.7. The van der Waals surface area contributed by atoms with Crippen LogP contribution in [0.4, 0.5) is 15.8 Å². The van der Waals surface area contributed by atoms with Crippen LogP contribution in [0.2, 0.25) is 0 Å². The van der Waals surface area contributed by atoms with E-state index < -0.39 is 16.6 Å². The average Bonchev–Trinajstić information content (AvgIpc) is 2.54. The summed E-state index contributed by atoms with van der Waals surface area (Å²) in [6.45, 7) is 0. The number of halogens is 2. The molecular weight excluding hydrogens is 381 g/mol. The molecule has 0 spiro atoms. The molecule has 8 heteroatoms. The van der Waals surface area contributed by atoms with Crippen molar-refractivity contribution < 1.29 is 14.1 Å². The summed E-state index contributed by atoms with van der Waals surface area (Å²) >= 11 is 3.27. The molecule has 120 valence electrons.